The highest BCUT2D eigenvalue weighted by Crippen LogP contribution is 2.25. The standard InChI is InChI=1S/C12H11BrFN3/c1-6-5-8(3-4-9(6)14)12-16-7(2)10(13)11(15)17-12/h3-5H,1-2H3,(H2,15,16,17). The Hall–Kier alpha value is -1.49. The molecule has 1 aromatic heterocycles. The number of anilines is 1. The molecule has 0 bridgehead atoms. The van der Waals surface area contributed by atoms with Crippen LogP contribution in [0.4, 0.5) is 10.2 Å². The molecule has 0 atom stereocenters. The average Bonchev–Trinajstić information content (AvgIpc) is 2.29. The van der Waals surface area contributed by atoms with Gasteiger partial charge in [0.25, 0.3) is 0 Å². The summed E-state index contributed by atoms with van der Waals surface area (Å²) in [5.74, 6) is 0.649. The highest BCUT2D eigenvalue weighted by molar-refractivity contribution is 9.10. The van der Waals surface area contributed by atoms with Crippen LogP contribution >= 0.6 is 15.9 Å². The van der Waals surface area contributed by atoms with E-state index in [4.69, 9.17) is 5.73 Å². The van der Waals surface area contributed by atoms with Crippen molar-refractivity contribution in [3.05, 3.63) is 39.7 Å². The van der Waals surface area contributed by atoms with Crippen LogP contribution in [0.2, 0.25) is 0 Å². The lowest BCUT2D eigenvalue weighted by molar-refractivity contribution is 0.618. The number of nitrogens with two attached hydrogens (primary N) is 1. The molecule has 0 aliphatic heterocycles. The molecule has 1 heterocycles. The molecule has 88 valence electrons. The molecule has 0 unspecified atom stereocenters. The van der Waals surface area contributed by atoms with Crippen LogP contribution in [0.25, 0.3) is 11.4 Å². The van der Waals surface area contributed by atoms with Crippen LogP contribution in [0.5, 0.6) is 0 Å². The van der Waals surface area contributed by atoms with Gasteiger partial charge in [-0.1, -0.05) is 0 Å². The summed E-state index contributed by atoms with van der Waals surface area (Å²) in [7, 11) is 0. The zero-order chi connectivity index (χ0) is 12.6. The van der Waals surface area contributed by atoms with Gasteiger partial charge in [-0.05, 0) is 53.5 Å². The second kappa shape index (κ2) is 4.41. The maximum absolute atomic E-state index is 13.2. The largest absolute Gasteiger partial charge is 0.383 e. The molecule has 0 radical (unpaired) electrons. The SMILES string of the molecule is Cc1cc(-c2nc(C)c(Br)c(N)n2)ccc1F. The van der Waals surface area contributed by atoms with Crippen LogP contribution < -0.4 is 5.73 Å². The van der Waals surface area contributed by atoms with E-state index < -0.39 is 0 Å². The minimum absolute atomic E-state index is 0.240. The number of aryl methyl sites for hydroxylation is 2. The summed E-state index contributed by atoms with van der Waals surface area (Å²) in [6.07, 6.45) is 0. The van der Waals surface area contributed by atoms with Crippen molar-refractivity contribution < 1.29 is 4.39 Å². The molecule has 2 N–H and O–H groups in total. The number of rotatable bonds is 1. The maximum Gasteiger partial charge on any atom is 0.161 e. The van der Waals surface area contributed by atoms with Gasteiger partial charge in [0, 0.05) is 5.56 Å². The third kappa shape index (κ3) is 2.29. The van der Waals surface area contributed by atoms with Crippen molar-refractivity contribution in [2.45, 2.75) is 13.8 Å². The molecule has 0 aliphatic rings. The zero-order valence-corrected chi connectivity index (χ0v) is 11.0. The fraction of sp³-hybridized carbons (Fsp3) is 0.167. The van der Waals surface area contributed by atoms with E-state index in [2.05, 4.69) is 25.9 Å². The molecule has 0 amide bonds. The van der Waals surface area contributed by atoms with E-state index in [-0.39, 0.29) is 5.82 Å². The normalized spacial score (nSPS) is 10.6. The van der Waals surface area contributed by atoms with Gasteiger partial charge in [-0.15, -0.1) is 0 Å². The quantitative estimate of drug-likeness (QED) is 0.879. The van der Waals surface area contributed by atoms with Crippen molar-refractivity contribution in [1.82, 2.24) is 9.97 Å². The minimum Gasteiger partial charge on any atom is -0.383 e. The third-order valence-corrected chi connectivity index (χ3v) is 3.44. The Balaban J connectivity index is 2.57. The lowest BCUT2D eigenvalue weighted by Gasteiger charge is -2.06. The first-order valence-corrected chi connectivity index (χ1v) is 5.84. The lowest BCUT2D eigenvalue weighted by atomic mass is 10.1. The molecule has 0 fully saturated rings. The van der Waals surface area contributed by atoms with Crippen molar-refractivity contribution in [2.75, 3.05) is 5.73 Å². The second-order valence-corrected chi connectivity index (χ2v) is 4.59. The predicted octanol–water partition coefficient (Wildman–Crippen LogP) is 3.24. The van der Waals surface area contributed by atoms with Gasteiger partial charge in [-0.2, -0.15) is 0 Å². The van der Waals surface area contributed by atoms with E-state index in [1.165, 1.54) is 6.07 Å². The first-order valence-electron chi connectivity index (χ1n) is 5.05. The Morgan fingerprint density at radius 1 is 1.24 bits per heavy atom. The molecule has 5 heteroatoms. The van der Waals surface area contributed by atoms with Crippen LogP contribution in [-0.4, -0.2) is 9.97 Å². The highest BCUT2D eigenvalue weighted by atomic mass is 79.9. The van der Waals surface area contributed by atoms with Crippen LogP contribution in [0, 0.1) is 19.7 Å². The van der Waals surface area contributed by atoms with Gasteiger partial charge in [-0.25, -0.2) is 14.4 Å². The maximum atomic E-state index is 13.2. The van der Waals surface area contributed by atoms with Gasteiger partial charge in [0.1, 0.15) is 11.6 Å². The molecule has 0 spiro atoms. The van der Waals surface area contributed by atoms with Crippen molar-refractivity contribution in [1.29, 1.82) is 0 Å². The van der Waals surface area contributed by atoms with E-state index in [0.29, 0.717) is 21.7 Å². The molecule has 17 heavy (non-hydrogen) atoms. The van der Waals surface area contributed by atoms with Gasteiger partial charge in [0.2, 0.25) is 0 Å². The van der Waals surface area contributed by atoms with E-state index in [1.54, 1.807) is 19.1 Å². The number of nitrogen functional groups attached to an aromatic ring is 1. The van der Waals surface area contributed by atoms with E-state index >= 15 is 0 Å². The Bertz CT molecular complexity index is 561. The van der Waals surface area contributed by atoms with E-state index in [1.807, 2.05) is 6.92 Å². The third-order valence-electron chi connectivity index (χ3n) is 2.46. The van der Waals surface area contributed by atoms with E-state index in [0.717, 1.165) is 11.3 Å². The van der Waals surface area contributed by atoms with Crippen molar-refractivity contribution in [2.24, 2.45) is 0 Å². The minimum atomic E-state index is -0.240. The Morgan fingerprint density at radius 2 is 1.94 bits per heavy atom. The Labute approximate surface area is 107 Å². The Kier molecular flexibility index (Phi) is 3.11. The molecular weight excluding hydrogens is 285 g/mol. The second-order valence-electron chi connectivity index (χ2n) is 3.80. The molecular formula is C12H11BrFN3. The topological polar surface area (TPSA) is 51.8 Å². The summed E-state index contributed by atoms with van der Waals surface area (Å²) in [6, 6.07) is 4.75. The lowest BCUT2D eigenvalue weighted by Crippen LogP contribution is -2.00. The average molecular weight is 296 g/mol. The number of aromatic nitrogens is 2. The van der Waals surface area contributed by atoms with Crippen molar-refractivity contribution in [3.8, 4) is 11.4 Å². The van der Waals surface area contributed by atoms with Gasteiger partial charge < -0.3 is 5.73 Å². The number of halogens is 2. The van der Waals surface area contributed by atoms with Crippen LogP contribution in [0.15, 0.2) is 22.7 Å². The molecule has 0 saturated carbocycles. The van der Waals surface area contributed by atoms with Crippen molar-refractivity contribution in [3.63, 3.8) is 0 Å². The summed E-state index contributed by atoms with van der Waals surface area (Å²) in [4.78, 5) is 8.49. The van der Waals surface area contributed by atoms with Crippen LogP contribution in [-0.2, 0) is 0 Å². The summed E-state index contributed by atoms with van der Waals surface area (Å²) in [5, 5.41) is 0. The smallest absolute Gasteiger partial charge is 0.161 e. The Morgan fingerprint density at radius 3 is 2.53 bits per heavy atom. The van der Waals surface area contributed by atoms with Gasteiger partial charge in [-0.3, -0.25) is 0 Å². The molecule has 2 rings (SSSR count). The molecule has 1 aromatic carbocycles. The van der Waals surface area contributed by atoms with Gasteiger partial charge in [0.15, 0.2) is 5.82 Å². The summed E-state index contributed by atoms with van der Waals surface area (Å²) in [5.41, 5.74) is 7.83. The fourth-order valence-corrected chi connectivity index (χ4v) is 1.67. The zero-order valence-electron chi connectivity index (χ0n) is 9.46. The highest BCUT2D eigenvalue weighted by Gasteiger charge is 2.09. The fourth-order valence-electron chi connectivity index (χ4n) is 1.49. The van der Waals surface area contributed by atoms with Crippen LogP contribution in [0.3, 0.4) is 0 Å². The molecule has 2 aromatic rings. The monoisotopic (exact) mass is 295 g/mol. The first kappa shape index (κ1) is 12.0. The predicted molar refractivity (Wildman–Crippen MR) is 69.0 cm³/mol. The summed E-state index contributed by atoms with van der Waals surface area (Å²) < 4.78 is 13.9. The number of hydrogen-bond donors (Lipinski definition) is 1. The number of benzene rings is 1. The van der Waals surface area contributed by atoms with E-state index in [9.17, 15) is 4.39 Å². The van der Waals surface area contributed by atoms with Gasteiger partial charge >= 0.3 is 0 Å². The molecule has 3 nitrogen and oxygen atoms in total. The first-order chi connectivity index (χ1) is 7.99. The van der Waals surface area contributed by atoms with Crippen molar-refractivity contribution >= 4 is 21.7 Å². The summed E-state index contributed by atoms with van der Waals surface area (Å²) >= 11 is 3.30. The molecule has 0 saturated heterocycles. The summed E-state index contributed by atoms with van der Waals surface area (Å²) in [6.45, 7) is 3.54. The number of nitrogens with zero attached hydrogens (tertiary/aromatic N) is 2. The molecule has 0 aliphatic carbocycles. The van der Waals surface area contributed by atoms with Gasteiger partial charge in [0.05, 0.1) is 10.2 Å². The number of hydrogen-bond acceptors (Lipinski definition) is 3. The van der Waals surface area contributed by atoms with Crippen LogP contribution in [0.1, 0.15) is 11.3 Å².